The van der Waals surface area contributed by atoms with E-state index in [4.69, 9.17) is 10.8 Å². The summed E-state index contributed by atoms with van der Waals surface area (Å²) in [5.74, 6) is -1.95. The SMILES string of the molecule is NCCCC=C(F)C([NH3+])C(=O)O. The Morgan fingerprint density at radius 1 is 1.75 bits per heavy atom. The normalized spacial score (nSPS) is 14.4. The highest BCUT2D eigenvalue weighted by Gasteiger charge is 2.20. The maximum absolute atomic E-state index is 12.7. The van der Waals surface area contributed by atoms with Crippen LogP contribution >= 0.6 is 0 Å². The standard InChI is InChI=1S/C7H13FN2O2/c8-5(3-1-2-4-9)6(10)7(11)12/h3,6H,1-2,4,9-10H2,(H,11,12)/p+1. The number of nitrogens with two attached hydrogens (primary N) is 1. The van der Waals surface area contributed by atoms with Crippen LogP contribution in [0.5, 0.6) is 0 Å². The summed E-state index contributed by atoms with van der Waals surface area (Å²) in [6, 6.07) is -1.29. The van der Waals surface area contributed by atoms with Crippen molar-refractivity contribution in [3.05, 3.63) is 11.9 Å². The Labute approximate surface area is 70.0 Å². The van der Waals surface area contributed by atoms with Crippen LogP contribution in [0.4, 0.5) is 4.39 Å². The lowest BCUT2D eigenvalue weighted by Crippen LogP contribution is -2.65. The molecule has 0 aliphatic rings. The van der Waals surface area contributed by atoms with Crippen LogP contribution in [0.3, 0.4) is 0 Å². The topological polar surface area (TPSA) is 91.0 Å². The molecule has 0 aliphatic heterocycles. The van der Waals surface area contributed by atoms with Gasteiger partial charge in [-0.2, -0.15) is 0 Å². The zero-order chi connectivity index (χ0) is 9.56. The third-order valence-electron chi connectivity index (χ3n) is 1.38. The van der Waals surface area contributed by atoms with Gasteiger partial charge in [0.15, 0.2) is 5.83 Å². The van der Waals surface area contributed by atoms with E-state index in [1.165, 1.54) is 6.08 Å². The molecular weight excluding hydrogens is 163 g/mol. The van der Waals surface area contributed by atoms with E-state index < -0.39 is 17.8 Å². The van der Waals surface area contributed by atoms with Gasteiger partial charge >= 0.3 is 5.97 Å². The van der Waals surface area contributed by atoms with E-state index >= 15 is 0 Å². The van der Waals surface area contributed by atoms with Gasteiger partial charge in [0.1, 0.15) is 0 Å². The van der Waals surface area contributed by atoms with E-state index in [0.29, 0.717) is 19.4 Å². The van der Waals surface area contributed by atoms with Gasteiger partial charge in [0.05, 0.1) is 0 Å². The highest BCUT2D eigenvalue weighted by Crippen LogP contribution is 2.03. The van der Waals surface area contributed by atoms with Crippen LogP contribution in [0.1, 0.15) is 12.8 Å². The molecule has 0 radical (unpaired) electrons. The summed E-state index contributed by atoms with van der Waals surface area (Å²) in [4.78, 5) is 10.2. The van der Waals surface area contributed by atoms with Gasteiger partial charge in [0, 0.05) is 0 Å². The first kappa shape index (κ1) is 11.1. The Morgan fingerprint density at radius 2 is 2.33 bits per heavy atom. The molecule has 0 spiro atoms. The second-order valence-electron chi connectivity index (χ2n) is 2.41. The van der Waals surface area contributed by atoms with Gasteiger partial charge < -0.3 is 16.6 Å². The second kappa shape index (κ2) is 5.68. The molecule has 70 valence electrons. The van der Waals surface area contributed by atoms with Crippen molar-refractivity contribution in [3.8, 4) is 0 Å². The predicted molar refractivity (Wildman–Crippen MR) is 41.8 cm³/mol. The zero-order valence-electron chi connectivity index (χ0n) is 6.79. The first-order chi connectivity index (χ1) is 5.59. The van der Waals surface area contributed by atoms with Gasteiger partial charge in [-0.3, -0.25) is 0 Å². The summed E-state index contributed by atoms with van der Waals surface area (Å²) < 4.78 is 12.7. The number of allylic oxidation sites excluding steroid dienone is 1. The van der Waals surface area contributed by atoms with Crippen LogP contribution in [0, 0.1) is 0 Å². The van der Waals surface area contributed by atoms with Gasteiger partial charge in [-0.05, 0) is 25.5 Å². The lowest BCUT2D eigenvalue weighted by molar-refractivity contribution is -0.399. The van der Waals surface area contributed by atoms with Crippen molar-refractivity contribution in [2.75, 3.05) is 6.54 Å². The largest absolute Gasteiger partial charge is 0.477 e. The molecule has 0 aliphatic carbocycles. The minimum atomic E-state index is -1.29. The number of hydrogen-bond donors (Lipinski definition) is 3. The summed E-state index contributed by atoms with van der Waals surface area (Å²) in [5.41, 5.74) is 8.31. The molecule has 0 aromatic rings. The van der Waals surface area contributed by atoms with E-state index in [-0.39, 0.29) is 0 Å². The summed E-state index contributed by atoms with van der Waals surface area (Å²) in [5, 5.41) is 8.34. The molecule has 1 atom stereocenters. The van der Waals surface area contributed by atoms with Crippen molar-refractivity contribution in [2.45, 2.75) is 18.9 Å². The molecule has 0 fully saturated rings. The third kappa shape index (κ3) is 4.05. The van der Waals surface area contributed by atoms with Crippen molar-refractivity contribution in [2.24, 2.45) is 5.73 Å². The fourth-order valence-corrected chi connectivity index (χ4v) is 0.618. The molecule has 6 N–H and O–H groups in total. The average Bonchev–Trinajstić information content (AvgIpc) is 2.03. The third-order valence-corrected chi connectivity index (χ3v) is 1.38. The van der Waals surface area contributed by atoms with Crippen molar-refractivity contribution in [1.29, 1.82) is 0 Å². The molecule has 0 bridgehead atoms. The van der Waals surface area contributed by atoms with E-state index in [1.54, 1.807) is 0 Å². The second-order valence-corrected chi connectivity index (χ2v) is 2.41. The number of quaternary nitrogens is 1. The van der Waals surface area contributed by atoms with Crippen molar-refractivity contribution < 1.29 is 20.0 Å². The molecule has 0 aromatic heterocycles. The smallest absolute Gasteiger partial charge is 0.369 e. The Bertz CT molecular complexity index is 182. The van der Waals surface area contributed by atoms with Crippen LogP contribution in [0.15, 0.2) is 11.9 Å². The first-order valence-electron chi connectivity index (χ1n) is 3.71. The molecule has 0 aromatic carbocycles. The lowest BCUT2D eigenvalue weighted by atomic mass is 10.2. The maximum atomic E-state index is 12.7. The van der Waals surface area contributed by atoms with Crippen molar-refractivity contribution in [3.63, 3.8) is 0 Å². The first-order valence-corrected chi connectivity index (χ1v) is 3.71. The zero-order valence-corrected chi connectivity index (χ0v) is 6.79. The van der Waals surface area contributed by atoms with Crippen LogP contribution in [-0.4, -0.2) is 23.7 Å². The number of rotatable bonds is 5. The number of hydrogen-bond acceptors (Lipinski definition) is 2. The van der Waals surface area contributed by atoms with Crippen molar-refractivity contribution >= 4 is 5.97 Å². The number of halogens is 1. The quantitative estimate of drug-likeness (QED) is 0.484. The molecule has 0 saturated carbocycles. The number of unbranched alkanes of at least 4 members (excludes halogenated alkanes) is 1. The lowest BCUT2D eigenvalue weighted by Gasteiger charge is -1.98. The van der Waals surface area contributed by atoms with E-state index in [1.807, 2.05) is 0 Å². The minimum Gasteiger partial charge on any atom is -0.477 e. The van der Waals surface area contributed by atoms with Gasteiger partial charge in [0.25, 0.3) is 0 Å². The highest BCUT2D eigenvalue weighted by atomic mass is 19.1. The highest BCUT2D eigenvalue weighted by molar-refractivity contribution is 5.74. The number of aliphatic carboxylic acids is 1. The molecule has 0 saturated heterocycles. The average molecular weight is 177 g/mol. The fraction of sp³-hybridized carbons (Fsp3) is 0.571. The molecule has 5 heteroatoms. The van der Waals surface area contributed by atoms with Crippen LogP contribution in [-0.2, 0) is 4.79 Å². The minimum absolute atomic E-state index is 0.460. The Kier molecular flexibility index (Phi) is 5.23. The molecular formula is C7H14FN2O2+. The summed E-state index contributed by atoms with van der Waals surface area (Å²) in [6.45, 7) is 0.471. The fourth-order valence-electron chi connectivity index (χ4n) is 0.618. The van der Waals surface area contributed by atoms with Gasteiger partial charge in [-0.1, -0.05) is 0 Å². The van der Waals surface area contributed by atoms with Crippen LogP contribution in [0.25, 0.3) is 0 Å². The molecule has 0 amide bonds. The van der Waals surface area contributed by atoms with Gasteiger partial charge in [-0.25, -0.2) is 9.18 Å². The molecule has 4 nitrogen and oxygen atoms in total. The monoisotopic (exact) mass is 177 g/mol. The summed E-state index contributed by atoms with van der Waals surface area (Å²) in [6.07, 6.45) is 2.33. The summed E-state index contributed by atoms with van der Waals surface area (Å²) >= 11 is 0. The van der Waals surface area contributed by atoms with Gasteiger partial charge in [0.2, 0.25) is 6.04 Å². The van der Waals surface area contributed by atoms with E-state index in [0.717, 1.165) is 0 Å². The number of carboxylic acids is 1. The Balaban J connectivity index is 3.90. The maximum Gasteiger partial charge on any atom is 0.369 e. The number of carbonyl (C=O) groups is 1. The van der Waals surface area contributed by atoms with E-state index in [9.17, 15) is 9.18 Å². The van der Waals surface area contributed by atoms with Gasteiger partial charge in [-0.15, -0.1) is 0 Å². The van der Waals surface area contributed by atoms with E-state index in [2.05, 4.69) is 5.73 Å². The summed E-state index contributed by atoms with van der Waals surface area (Å²) in [7, 11) is 0. The molecule has 0 heterocycles. The Morgan fingerprint density at radius 3 is 2.75 bits per heavy atom. The molecule has 0 rings (SSSR count). The number of carboxylic acid groups (broad SMARTS) is 1. The predicted octanol–water partition coefficient (Wildman–Crippen LogP) is -0.726. The van der Waals surface area contributed by atoms with Crippen LogP contribution < -0.4 is 11.5 Å². The van der Waals surface area contributed by atoms with Crippen molar-refractivity contribution in [1.82, 2.24) is 0 Å². The van der Waals surface area contributed by atoms with Crippen LogP contribution in [0.2, 0.25) is 0 Å². The molecule has 12 heavy (non-hydrogen) atoms. The Hall–Kier alpha value is -0.940. The molecule has 1 unspecified atom stereocenters.